The predicted molar refractivity (Wildman–Crippen MR) is 90.1 cm³/mol. The second-order valence-electron chi connectivity index (χ2n) is 6.22. The Kier molecular flexibility index (Phi) is 8.77. The van der Waals surface area contributed by atoms with Gasteiger partial charge in [-0.05, 0) is 0 Å². The van der Waals surface area contributed by atoms with Crippen molar-refractivity contribution in [3.8, 4) is 0 Å². The molecule has 0 spiro atoms. The molecule has 0 aromatic heterocycles. The van der Waals surface area contributed by atoms with Crippen molar-refractivity contribution in [3.05, 3.63) is 0 Å². The lowest BCUT2D eigenvalue weighted by atomic mass is 9.96. The Morgan fingerprint density at radius 2 is 1.48 bits per heavy atom. The molecular formula is C15H20F3NO11S. The minimum Gasteiger partial charge on any atom is -0.463 e. The molecule has 0 saturated carbocycles. The van der Waals surface area contributed by atoms with Crippen LogP contribution in [0.15, 0.2) is 0 Å². The molecular weight excluding hydrogens is 459 g/mol. The molecule has 1 aliphatic heterocycles. The standard InChI is InChI=1S/C15H20F3NO11S/c1-6(20)19-11-13(27-8(3)22)12(30-31(24,25)15(16,17)18)10(5-26-7(2)21)29-14(11)28-9(4)23/h10-14H,5H2,1-4H3,(H,19,20)/t10-,11+,12-,13-,14+/m1/s1. The summed E-state index contributed by atoms with van der Waals surface area (Å²) >= 11 is 0. The van der Waals surface area contributed by atoms with E-state index in [-0.39, 0.29) is 0 Å². The van der Waals surface area contributed by atoms with Crippen LogP contribution in [0.25, 0.3) is 0 Å². The van der Waals surface area contributed by atoms with Crippen molar-refractivity contribution in [2.24, 2.45) is 0 Å². The third kappa shape index (κ3) is 7.62. The quantitative estimate of drug-likeness (QED) is 0.217. The first kappa shape index (κ1) is 26.6. The molecule has 5 atom stereocenters. The Labute approximate surface area is 174 Å². The molecule has 1 fully saturated rings. The van der Waals surface area contributed by atoms with E-state index in [1.807, 2.05) is 0 Å². The van der Waals surface area contributed by atoms with Gasteiger partial charge in [0, 0.05) is 27.7 Å². The van der Waals surface area contributed by atoms with E-state index in [9.17, 15) is 40.8 Å². The molecule has 0 unspecified atom stereocenters. The molecule has 1 rings (SSSR count). The van der Waals surface area contributed by atoms with Crippen LogP contribution in [0.3, 0.4) is 0 Å². The van der Waals surface area contributed by atoms with E-state index in [1.165, 1.54) is 0 Å². The van der Waals surface area contributed by atoms with Gasteiger partial charge in [-0.15, -0.1) is 0 Å². The maximum absolute atomic E-state index is 12.9. The van der Waals surface area contributed by atoms with Gasteiger partial charge in [0.15, 0.2) is 6.10 Å². The Morgan fingerprint density at radius 3 is 1.90 bits per heavy atom. The van der Waals surface area contributed by atoms with Gasteiger partial charge in [-0.25, -0.2) is 0 Å². The maximum atomic E-state index is 12.9. The lowest BCUT2D eigenvalue weighted by Gasteiger charge is -2.44. The van der Waals surface area contributed by atoms with Crippen LogP contribution in [-0.4, -0.2) is 75.0 Å². The fraction of sp³-hybridized carbons (Fsp3) is 0.733. The van der Waals surface area contributed by atoms with Gasteiger partial charge in [0.2, 0.25) is 12.2 Å². The number of rotatable bonds is 7. The molecule has 1 aliphatic rings. The Hall–Kier alpha value is -2.46. The number of hydrogen-bond acceptors (Lipinski definition) is 11. The summed E-state index contributed by atoms with van der Waals surface area (Å²) in [6, 6.07) is -1.67. The van der Waals surface area contributed by atoms with Gasteiger partial charge >= 0.3 is 33.5 Å². The van der Waals surface area contributed by atoms with Gasteiger partial charge < -0.3 is 24.3 Å². The average Bonchev–Trinajstić information content (AvgIpc) is 2.56. The Morgan fingerprint density at radius 1 is 0.935 bits per heavy atom. The zero-order valence-electron chi connectivity index (χ0n) is 16.6. The molecule has 1 N–H and O–H groups in total. The lowest BCUT2D eigenvalue weighted by Crippen LogP contribution is -2.67. The van der Waals surface area contributed by atoms with Gasteiger partial charge in [0.25, 0.3) is 0 Å². The molecule has 0 radical (unpaired) electrons. The summed E-state index contributed by atoms with van der Waals surface area (Å²) in [6.45, 7) is 2.83. The minimum atomic E-state index is -6.26. The van der Waals surface area contributed by atoms with Crippen molar-refractivity contribution in [1.82, 2.24) is 5.32 Å². The number of hydrogen-bond donors (Lipinski definition) is 1. The van der Waals surface area contributed by atoms with Gasteiger partial charge in [-0.2, -0.15) is 21.6 Å². The molecule has 0 aromatic rings. The largest absolute Gasteiger partial charge is 0.523 e. The van der Waals surface area contributed by atoms with Crippen LogP contribution < -0.4 is 5.32 Å². The van der Waals surface area contributed by atoms with Gasteiger partial charge in [0.05, 0.1) is 0 Å². The highest BCUT2D eigenvalue weighted by molar-refractivity contribution is 7.87. The Balaban J connectivity index is 3.51. The van der Waals surface area contributed by atoms with Crippen molar-refractivity contribution in [3.63, 3.8) is 0 Å². The summed E-state index contributed by atoms with van der Waals surface area (Å²) in [6.07, 6.45) is -7.80. The van der Waals surface area contributed by atoms with E-state index < -0.39 is 76.7 Å². The predicted octanol–water partition coefficient (Wildman–Crippen LogP) is -0.491. The molecule has 16 heteroatoms. The van der Waals surface area contributed by atoms with Crippen molar-refractivity contribution < 1.29 is 63.9 Å². The van der Waals surface area contributed by atoms with Crippen LogP contribution in [0.1, 0.15) is 27.7 Å². The van der Waals surface area contributed by atoms with E-state index in [4.69, 9.17) is 14.2 Å². The summed E-state index contributed by atoms with van der Waals surface area (Å²) in [5.41, 5.74) is -5.87. The monoisotopic (exact) mass is 479 g/mol. The third-order valence-corrected chi connectivity index (χ3v) is 4.62. The molecule has 1 heterocycles. The molecule has 0 aliphatic carbocycles. The maximum Gasteiger partial charge on any atom is 0.523 e. The number of esters is 3. The van der Waals surface area contributed by atoms with E-state index in [0.29, 0.717) is 0 Å². The molecule has 1 amide bonds. The first-order valence-electron chi connectivity index (χ1n) is 8.45. The summed E-state index contributed by atoms with van der Waals surface area (Å²) in [4.78, 5) is 45.6. The average molecular weight is 479 g/mol. The van der Waals surface area contributed by atoms with Crippen LogP contribution in [0.4, 0.5) is 13.2 Å². The Bertz CT molecular complexity index is 814. The SMILES string of the molecule is CC(=O)N[C@@H]1[C@@H](OC(C)=O)O[C@H](COC(C)=O)[C@@H](OS(=O)(=O)C(F)(F)F)[C@@H]1OC(C)=O. The van der Waals surface area contributed by atoms with Gasteiger partial charge in [-0.3, -0.25) is 23.4 Å². The highest BCUT2D eigenvalue weighted by Crippen LogP contribution is 2.33. The zero-order chi connectivity index (χ0) is 24.1. The van der Waals surface area contributed by atoms with Gasteiger partial charge in [-0.1, -0.05) is 0 Å². The van der Waals surface area contributed by atoms with Crippen molar-refractivity contribution in [1.29, 1.82) is 0 Å². The fourth-order valence-corrected chi connectivity index (χ4v) is 3.17. The number of carbonyl (C=O) groups is 4. The molecule has 31 heavy (non-hydrogen) atoms. The van der Waals surface area contributed by atoms with E-state index in [0.717, 1.165) is 27.7 Å². The number of nitrogens with one attached hydrogen (secondary N) is 1. The number of amides is 1. The molecule has 12 nitrogen and oxygen atoms in total. The summed E-state index contributed by atoms with van der Waals surface area (Å²) in [5, 5.41) is 2.15. The van der Waals surface area contributed by atoms with Crippen molar-refractivity contribution >= 4 is 33.9 Å². The normalized spacial score (nSPS) is 26.5. The first-order valence-corrected chi connectivity index (χ1v) is 9.86. The molecule has 178 valence electrons. The minimum absolute atomic E-state index is 0.821. The van der Waals surface area contributed by atoms with Crippen LogP contribution in [0, 0.1) is 0 Å². The van der Waals surface area contributed by atoms with Crippen molar-refractivity contribution in [2.75, 3.05) is 6.61 Å². The summed E-state index contributed by atoms with van der Waals surface area (Å²) in [5.74, 6) is -3.81. The second-order valence-corrected chi connectivity index (χ2v) is 7.78. The van der Waals surface area contributed by atoms with E-state index in [2.05, 4.69) is 14.2 Å². The smallest absolute Gasteiger partial charge is 0.463 e. The fourth-order valence-electron chi connectivity index (χ4n) is 2.54. The number of carbonyl (C=O) groups excluding carboxylic acids is 4. The molecule has 1 saturated heterocycles. The van der Waals surface area contributed by atoms with Crippen LogP contribution in [-0.2, 0) is 52.4 Å². The number of alkyl halides is 3. The topological polar surface area (TPSA) is 161 Å². The lowest BCUT2D eigenvalue weighted by molar-refractivity contribution is -0.263. The van der Waals surface area contributed by atoms with E-state index >= 15 is 0 Å². The van der Waals surface area contributed by atoms with Crippen LogP contribution in [0.5, 0.6) is 0 Å². The number of ether oxygens (including phenoxy) is 4. The number of halogens is 3. The third-order valence-electron chi connectivity index (χ3n) is 3.57. The second kappa shape index (κ2) is 10.2. The highest BCUT2D eigenvalue weighted by Gasteiger charge is 2.56. The van der Waals surface area contributed by atoms with E-state index in [1.54, 1.807) is 0 Å². The van der Waals surface area contributed by atoms with Gasteiger partial charge in [0.1, 0.15) is 24.9 Å². The molecule has 0 aromatic carbocycles. The first-order chi connectivity index (χ1) is 14.0. The van der Waals surface area contributed by atoms with Crippen molar-refractivity contribution in [2.45, 2.75) is 63.8 Å². The zero-order valence-corrected chi connectivity index (χ0v) is 17.4. The van der Waals surface area contributed by atoms with Crippen LogP contribution >= 0.6 is 0 Å². The summed E-state index contributed by atoms with van der Waals surface area (Å²) in [7, 11) is -6.26. The van der Waals surface area contributed by atoms with Crippen LogP contribution in [0.2, 0.25) is 0 Å². The highest BCUT2D eigenvalue weighted by atomic mass is 32.2. The summed E-state index contributed by atoms with van der Waals surface area (Å²) < 4.78 is 85.8. The molecule has 0 bridgehead atoms.